The molecule has 2 aromatic rings. The zero-order valence-corrected chi connectivity index (χ0v) is 11.9. The highest BCUT2D eigenvalue weighted by molar-refractivity contribution is 5.79. The van der Waals surface area contributed by atoms with E-state index in [1.165, 1.54) is 18.5 Å². The highest BCUT2D eigenvalue weighted by Gasteiger charge is 2.26. The van der Waals surface area contributed by atoms with Crippen LogP contribution in [0.25, 0.3) is 11.1 Å². The van der Waals surface area contributed by atoms with Crippen molar-refractivity contribution in [1.29, 1.82) is 0 Å². The molecule has 0 saturated heterocycles. The first kappa shape index (κ1) is 16.9. The lowest BCUT2D eigenvalue weighted by Crippen LogP contribution is -2.43. The van der Waals surface area contributed by atoms with E-state index in [0.717, 1.165) is 11.1 Å². The number of carbonyl (C=O) groups is 1. The minimum atomic E-state index is -3.27. The average molecular weight is 325 g/mol. The number of amides is 1. The maximum atomic E-state index is 12.9. The van der Waals surface area contributed by atoms with E-state index in [1.807, 2.05) is 0 Å². The lowest BCUT2D eigenvalue weighted by molar-refractivity contribution is -0.133. The van der Waals surface area contributed by atoms with Crippen LogP contribution in [0.2, 0.25) is 0 Å². The topological polar surface area (TPSA) is 75.1 Å². The summed E-state index contributed by atoms with van der Waals surface area (Å²) in [4.78, 5) is 18.7. The summed E-state index contributed by atoms with van der Waals surface area (Å²) in [6.45, 7) is -1.17. The molecule has 0 aliphatic heterocycles. The number of aliphatic hydroxyl groups excluding tert-OH is 1. The van der Waals surface area contributed by atoms with Crippen molar-refractivity contribution in [1.82, 2.24) is 15.3 Å². The van der Waals surface area contributed by atoms with Gasteiger partial charge in [-0.15, -0.1) is 0 Å². The molecule has 0 spiro atoms. The number of nitrogens with one attached hydrogen (secondary N) is 1. The van der Waals surface area contributed by atoms with E-state index < -0.39 is 31.2 Å². The van der Waals surface area contributed by atoms with Gasteiger partial charge in [0.25, 0.3) is 5.91 Å². The molecule has 122 valence electrons. The first-order valence-corrected chi connectivity index (χ1v) is 6.71. The summed E-state index contributed by atoms with van der Waals surface area (Å²) in [5, 5.41) is 11.8. The van der Waals surface area contributed by atoms with Gasteiger partial charge >= 0.3 is 6.43 Å². The lowest BCUT2D eigenvalue weighted by atomic mass is 10.00. The van der Waals surface area contributed by atoms with Gasteiger partial charge in [-0.1, -0.05) is 24.3 Å². The maximum Gasteiger partial charge on any atom is 0.315 e. The molecule has 1 aromatic heterocycles. The molecule has 0 bridgehead atoms. The standard InChI is InChI=1S/C15H14F3N3O2/c16-5-12(21-15(23)14(17)18)13(22)10-3-1-9(2-4-10)11-6-19-8-20-7-11/h1-4,6-8,12-14,22H,5H2,(H,21,23)/t12-,13-/m1/s1. The van der Waals surface area contributed by atoms with Gasteiger partial charge in [-0.05, 0) is 11.1 Å². The molecule has 2 rings (SSSR count). The highest BCUT2D eigenvalue weighted by atomic mass is 19.3. The second-order valence-electron chi connectivity index (χ2n) is 4.76. The molecule has 23 heavy (non-hydrogen) atoms. The molecular weight excluding hydrogens is 311 g/mol. The van der Waals surface area contributed by atoms with E-state index in [1.54, 1.807) is 29.8 Å². The summed E-state index contributed by atoms with van der Waals surface area (Å²) in [6, 6.07) is 4.90. The van der Waals surface area contributed by atoms with Crippen LogP contribution >= 0.6 is 0 Å². The van der Waals surface area contributed by atoms with Crippen LogP contribution in [0.4, 0.5) is 13.2 Å². The number of hydrogen-bond acceptors (Lipinski definition) is 4. The third-order valence-corrected chi connectivity index (χ3v) is 3.22. The number of alkyl halides is 3. The Bertz CT molecular complexity index is 638. The number of aliphatic hydroxyl groups is 1. The van der Waals surface area contributed by atoms with Gasteiger partial charge in [0.2, 0.25) is 0 Å². The van der Waals surface area contributed by atoms with Crippen molar-refractivity contribution in [2.24, 2.45) is 0 Å². The molecule has 0 fully saturated rings. The van der Waals surface area contributed by atoms with Crippen LogP contribution in [0.5, 0.6) is 0 Å². The fourth-order valence-electron chi connectivity index (χ4n) is 2.00. The van der Waals surface area contributed by atoms with E-state index in [-0.39, 0.29) is 0 Å². The zero-order valence-electron chi connectivity index (χ0n) is 11.9. The summed E-state index contributed by atoms with van der Waals surface area (Å²) < 4.78 is 37.3. The molecule has 2 atom stereocenters. The largest absolute Gasteiger partial charge is 0.386 e. The first-order valence-electron chi connectivity index (χ1n) is 6.71. The third-order valence-electron chi connectivity index (χ3n) is 3.22. The van der Waals surface area contributed by atoms with Crippen LogP contribution in [0, 0.1) is 0 Å². The van der Waals surface area contributed by atoms with Crippen LogP contribution in [0.1, 0.15) is 11.7 Å². The molecule has 1 heterocycles. The molecule has 5 nitrogen and oxygen atoms in total. The van der Waals surface area contributed by atoms with Gasteiger partial charge in [-0.3, -0.25) is 4.79 Å². The summed E-state index contributed by atoms with van der Waals surface area (Å²) >= 11 is 0. The minimum Gasteiger partial charge on any atom is -0.386 e. The number of rotatable bonds is 6. The van der Waals surface area contributed by atoms with Crippen molar-refractivity contribution < 1.29 is 23.1 Å². The van der Waals surface area contributed by atoms with E-state index >= 15 is 0 Å². The predicted molar refractivity (Wildman–Crippen MR) is 76.3 cm³/mol. The smallest absolute Gasteiger partial charge is 0.315 e. The summed E-state index contributed by atoms with van der Waals surface area (Å²) in [5.74, 6) is -1.62. The van der Waals surface area contributed by atoms with Crippen LogP contribution in [-0.4, -0.2) is 40.1 Å². The van der Waals surface area contributed by atoms with Gasteiger partial charge in [-0.2, -0.15) is 8.78 Å². The highest BCUT2D eigenvalue weighted by Crippen LogP contribution is 2.23. The first-order chi connectivity index (χ1) is 11.0. The van der Waals surface area contributed by atoms with Crippen molar-refractivity contribution in [2.75, 3.05) is 6.67 Å². The molecular formula is C15H14F3N3O2. The molecule has 0 radical (unpaired) electrons. The van der Waals surface area contributed by atoms with Crippen LogP contribution in [0.3, 0.4) is 0 Å². The van der Waals surface area contributed by atoms with Crippen LogP contribution in [-0.2, 0) is 4.79 Å². The second-order valence-corrected chi connectivity index (χ2v) is 4.76. The van der Waals surface area contributed by atoms with Crippen molar-refractivity contribution in [2.45, 2.75) is 18.6 Å². The van der Waals surface area contributed by atoms with Crippen molar-refractivity contribution >= 4 is 5.91 Å². The molecule has 2 N–H and O–H groups in total. The SMILES string of the molecule is O=C(N[C@H](CF)[C@H](O)c1ccc(-c2cncnc2)cc1)C(F)F. The molecule has 0 unspecified atom stereocenters. The Hall–Kier alpha value is -2.48. The number of halogens is 3. The van der Waals surface area contributed by atoms with Gasteiger partial charge in [0, 0.05) is 18.0 Å². The van der Waals surface area contributed by atoms with Crippen LogP contribution < -0.4 is 5.32 Å². The van der Waals surface area contributed by atoms with E-state index in [4.69, 9.17) is 0 Å². The Morgan fingerprint density at radius 3 is 2.26 bits per heavy atom. The van der Waals surface area contributed by atoms with E-state index in [2.05, 4.69) is 9.97 Å². The van der Waals surface area contributed by atoms with Gasteiger partial charge in [-0.25, -0.2) is 14.4 Å². The maximum absolute atomic E-state index is 12.9. The second kappa shape index (κ2) is 7.68. The fraction of sp³-hybridized carbons (Fsp3) is 0.267. The Labute approximate surface area is 130 Å². The summed E-state index contributed by atoms with van der Waals surface area (Å²) in [7, 11) is 0. The molecule has 8 heteroatoms. The quantitative estimate of drug-likeness (QED) is 0.850. The van der Waals surface area contributed by atoms with Gasteiger partial charge in [0.1, 0.15) is 19.1 Å². The summed E-state index contributed by atoms with van der Waals surface area (Å²) in [6.07, 6.45) is -0.114. The van der Waals surface area contributed by atoms with E-state index in [0.29, 0.717) is 5.56 Å². The number of benzene rings is 1. The van der Waals surface area contributed by atoms with Gasteiger partial charge in [0.15, 0.2) is 0 Å². The number of carbonyl (C=O) groups excluding carboxylic acids is 1. The Kier molecular flexibility index (Phi) is 5.64. The minimum absolute atomic E-state index is 0.294. The summed E-state index contributed by atoms with van der Waals surface area (Å²) in [5.41, 5.74) is 1.82. The van der Waals surface area contributed by atoms with Crippen molar-refractivity contribution in [3.05, 3.63) is 48.5 Å². The fourth-order valence-corrected chi connectivity index (χ4v) is 2.00. The molecule has 0 aliphatic carbocycles. The van der Waals surface area contributed by atoms with Crippen molar-refractivity contribution in [3.8, 4) is 11.1 Å². The number of nitrogens with zero attached hydrogens (tertiary/aromatic N) is 2. The molecule has 1 aromatic carbocycles. The predicted octanol–water partition coefficient (Wildman–Crippen LogP) is 1.90. The van der Waals surface area contributed by atoms with E-state index in [9.17, 15) is 23.1 Å². The van der Waals surface area contributed by atoms with Crippen LogP contribution in [0.15, 0.2) is 43.0 Å². The zero-order chi connectivity index (χ0) is 16.8. The Morgan fingerprint density at radius 2 is 1.74 bits per heavy atom. The monoisotopic (exact) mass is 325 g/mol. The number of hydrogen-bond donors (Lipinski definition) is 2. The Morgan fingerprint density at radius 1 is 1.13 bits per heavy atom. The molecule has 0 saturated carbocycles. The van der Waals surface area contributed by atoms with Gasteiger partial charge < -0.3 is 10.4 Å². The molecule has 1 amide bonds. The molecule has 0 aliphatic rings. The number of aromatic nitrogens is 2. The average Bonchev–Trinajstić information content (AvgIpc) is 2.59. The third kappa shape index (κ3) is 4.26. The normalized spacial score (nSPS) is 13.6. The lowest BCUT2D eigenvalue weighted by Gasteiger charge is -2.21. The van der Waals surface area contributed by atoms with Crippen molar-refractivity contribution in [3.63, 3.8) is 0 Å². The Balaban J connectivity index is 2.12. The van der Waals surface area contributed by atoms with Gasteiger partial charge in [0.05, 0.1) is 6.04 Å².